The maximum atomic E-state index is 13.6. The van der Waals surface area contributed by atoms with E-state index in [0.717, 1.165) is 87.9 Å². The third-order valence-electron chi connectivity index (χ3n) is 10.3. The van der Waals surface area contributed by atoms with Crippen LogP contribution >= 0.6 is 11.6 Å². The van der Waals surface area contributed by atoms with Crippen LogP contribution in [0.1, 0.15) is 107 Å². The maximum absolute atomic E-state index is 13.6. The third kappa shape index (κ3) is 4.10. The summed E-state index contributed by atoms with van der Waals surface area (Å²) in [6.07, 6.45) is 9.48. The smallest absolute Gasteiger partial charge is 0.282 e. The summed E-state index contributed by atoms with van der Waals surface area (Å²) in [5.41, 5.74) is 5.47. The zero-order chi connectivity index (χ0) is 27.8. The number of Topliss-reactive ketones (excluding diaryl/α,β-unsaturated/α-hetero) is 1. The first-order valence-corrected chi connectivity index (χ1v) is 15.7. The number of aromatic nitrogens is 2. The highest BCUT2D eigenvalue weighted by Crippen LogP contribution is 2.53. The van der Waals surface area contributed by atoms with Crippen LogP contribution in [0.25, 0.3) is 16.6 Å². The SMILES string of the molecule is CC(C)(C)c1ccc(Cl)c2c(=O)nc3n(c12)-c1ccc(C2CCN(CC4CC(=O)C4)CC2)cc1C31CCCCC1. The lowest BCUT2D eigenvalue weighted by molar-refractivity contribution is -0.127. The molecule has 210 valence electrons. The summed E-state index contributed by atoms with van der Waals surface area (Å²) in [6, 6.07) is 11.1. The lowest BCUT2D eigenvalue weighted by Crippen LogP contribution is -2.40. The van der Waals surface area contributed by atoms with Gasteiger partial charge in [0.25, 0.3) is 5.56 Å². The average molecular weight is 558 g/mol. The van der Waals surface area contributed by atoms with E-state index in [2.05, 4.69) is 54.5 Å². The van der Waals surface area contributed by atoms with E-state index in [1.807, 2.05) is 6.07 Å². The molecule has 2 aliphatic carbocycles. The molecule has 1 spiro atoms. The highest BCUT2D eigenvalue weighted by Gasteiger charge is 2.47. The van der Waals surface area contributed by atoms with Crippen LogP contribution in [0.4, 0.5) is 0 Å². The van der Waals surface area contributed by atoms with Gasteiger partial charge in [0.1, 0.15) is 11.6 Å². The Hall–Kier alpha value is -2.50. The Kier molecular flexibility index (Phi) is 6.29. The maximum Gasteiger partial charge on any atom is 0.282 e. The summed E-state index contributed by atoms with van der Waals surface area (Å²) in [7, 11) is 0. The molecule has 40 heavy (non-hydrogen) atoms. The molecule has 3 aromatic rings. The number of hydrogen-bond acceptors (Lipinski definition) is 4. The summed E-state index contributed by atoms with van der Waals surface area (Å²) >= 11 is 6.71. The van der Waals surface area contributed by atoms with Gasteiger partial charge in [-0.2, -0.15) is 4.98 Å². The number of hydrogen-bond donors (Lipinski definition) is 0. The van der Waals surface area contributed by atoms with E-state index in [-0.39, 0.29) is 16.4 Å². The summed E-state index contributed by atoms with van der Waals surface area (Å²) in [6.45, 7) is 9.90. The zero-order valence-corrected chi connectivity index (χ0v) is 24.8. The highest BCUT2D eigenvalue weighted by molar-refractivity contribution is 6.35. The summed E-state index contributed by atoms with van der Waals surface area (Å²) in [5, 5.41) is 1.03. The second kappa shape index (κ2) is 9.52. The molecule has 1 saturated heterocycles. The normalized spacial score (nSPS) is 21.6. The van der Waals surface area contributed by atoms with Crippen LogP contribution in [-0.4, -0.2) is 39.9 Å². The Morgan fingerprint density at radius 2 is 1.73 bits per heavy atom. The van der Waals surface area contributed by atoms with Gasteiger partial charge in [-0.1, -0.05) is 69.8 Å². The predicted octanol–water partition coefficient (Wildman–Crippen LogP) is 7.06. The first-order valence-electron chi connectivity index (χ1n) is 15.3. The molecule has 2 saturated carbocycles. The number of fused-ring (bicyclic) bond motifs is 7. The van der Waals surface area contributed by atoms with Gasteiger partial charge in [-0.15, -0.1) is 0 Å². The van der Waals surface area contributed by atoms with Crippen molar-refractivity contribution < 1.29 is 4.79 Å². The first kappa shape index (κ1) is 26.4. The minimum atomic E-state index is -0.216. The molecule has 0 unspecified atom stereocenters. The van der Waals surface area contributed by atoms with Crippen LogP contribution in [0.3, 0.4) is 0 Å². The van der Waals surface area contributed by atoms with Crippen molar-refractivity contribution >= 4 is 28.3 Å². The molecular formula is C34H40ClN3O2. The van der Waals surface area contributed by atoms with Gasteiger partial charge in [0.15, 0.2) is 0 Å². The fourth-order valence-electron chi connectivity index (χ4n) is 8.15. The molecule has 4 aliphatic rings. The molecule has 6 heteroatoms. The van der Waals surface area contributed by atoms with Crippen molar-refractivity contribution in [2.45, 2.75) is 95.3 Å². The number of piperidine rings is 1. The van der Waals surface area contributed by atoms with Crippen LogP contribution in [0.15, 0.2) is 35.1 Å². The molecule has 2 aromatic carbocycles. The van der Waals surface area contributed by atoms with Crippen molar-refractivity contribution in [1.29, 1.82) is 0 Å². The van der Waals surface area contributed by atoms with Crippen molar-refractivity contribution in [3.8, 4) is 5.69 Å². The Morgan fingerprint density at radius 3 is 2.40 bits per heavy atom. The minimum Gasteiger partial charge on any atom is -0.303 e. The molecule has 0 bridgehead atoms. The second-order valence-corrected chi connectivity index (χ2v) is 14.4. The van der Waals surface area contributed by atoms with Crippen molar-refractivity contribution in [3.05, 3.63) is 68.2 Å². The summed E-state index contributed by atoms with van der Waals surface area (Å²) in [5.74, 6) is 2.47. The average Bonchev–Trinajstić information content (AvgIpc) is 3.16. The largest absolute Gasteiger partial charge is 0.303 e. The van der Waals surface area contributed by atoms with Gasteiger partial charge in [0.05, 0.1) is 27.0 Å². The standard InChI is InChI=1S/C34H40ClN3O2/c1-33(2,3)25-8-9-27(35)29-30(25)38-28-10-7-23(22-11-15-37(16-12-22)20-21-17-24(39)18-21)19-26(28)34(13-5-4-6-14-34)32(38)36-31(29)40/h7-10,19,21-22H,4-6,11-18,20H2,1-3H3. The third-order valence-corrected chi connectivity index (χ3v) is 10.6. The van der Waals surface area contributed by atoms with Crippen molar-refractivity contribution in [2.24, 2.45) is 5.92 Å². The number of ketones is 1. The van der Waals surface area contributed by atoms with E-state index >= 15 is 0 Å². The van der Waals surface area contributed by atoms with Gasteiger partial charge in [0, 0.05) is 19.4 Å². The van der Waals surface area contributed by atoms with Gasteiger partial charge < -0.3 is 4.90 Å². The fourth-order valence-corrected chi connectivity index (χ4v) is 8.39. The molecule has 3 heterocycles. The molecule has 7 rings (SSSR count). The molecule has 1 aromatic heterocycles. The van der Waals surface area contributed by atoms with Crippen LogP contribution in [-0.2, 0) is 15.6 Å². The van der Waals surface area contributed by atoms with E-state index in [9.17, 15) is 9.59 Å². The summed E-state index contributed by atoms with van der Waals surface area (Å²) in [4.78, 5) is 32.5. The number of carbonyl (C=O) groups excluding carboxylic acids is 1. The number of carbonyl (C=O) groups is 1. The Bertz CT molecular complexity index is 1560. The molecular weight excluding hydrogens is 518 g/mol. The fraction of sp³-hybridized carbons (Fsp3) is 0.559. The summed E-state index contributed by atoms with van der Waals surface area (Å²) < 4.78 is 2.32. The number of halogens is 1. The van der Waals surface area contributed by atoms with Crippen molar-refractivity contribution in [3.63, 3.8) is 0 Å². The van der Waals surface area contributed by atoms with Crippen LogP contribution < -0.4 is 5.56 Å². The van der Waals surface area contributed by atoms with E-state index in [0.29, 0.717) is 28.0 Å². The van der Waals surface area contributed by atoms with E-state index < -0.39 is 0 Å². The molecule has 2 aliphatic heterocycles. The molecule has 0 N–H and O–H groups in total. The van der Waals surface area contributed by atoms with Gasteiger partial charge in [-0.05, 0) is 84.8 Å². The quantitative estimate of drug-likeness (QED) is 0.346. The number of nitrogens with zero attached hydrogens (tertiary/aromatic N) is 3. The zero-order valence-electron chi connectivity index (χ0n) is 24.1. The molecule has 5 nitrogen and oxygen atoms in total. The predicted molar refractivity (Wildman–Crippen MR) is 161 cm³/mol. The van der Waals surface area contributed by atoms with E-state index in [4.69, 9.17) is 16.6 Å². The van der Waals surface area contributed by atoms with Crippen molar-refractivity contribution in [2.75, 3.05) is 19.6 Å². The first-order chi connectivity index (χ1) is 19.2. The Balaban J connectivity index is 1.32. The van der Waals surface area contributed by atoms with Gasteiger partial charge in [0.2, 0.25) is 0 Å². The number of likely N-dealkylation sites (tertiary alicyclic amines) is 1. The monoisotopic (exact) mass is 557 g/mol. The molecule has 0 radical (unpaired) electrons. The topological polar surface area (TPSA) is 55.2 Å². The Morgan fingerprint density at radius 1 is 1.00 bits per heavy atom. The minimum absolute atomic E-state index is 0.152. The number of rotatable bonds is 3. The van der Waals surface area contributed by atoms with Crippen LogP contribution in [0.5, 0.6) is 0 Å². The van der Waals surface area contributed by atoms with Gasteiger partial charge >= 0.3 is 0 Å². The van der Waals surface area contributed by atoms with Crippen LogP contribution in [0, 0.1) is 5.92 Å². The van der Waals surface area contributed by atoms with Crippen molar-refractivity contribution in [1.82, 2.24) is 14.5 Å². The second-order valence-electron chi connectivity index (χ2n) is 14.0. The Labute approximate surface area is 241 Å². The van der Waals surface area contributed by atoms with E-state index in [1.165, 1.54) is 23.2 Å². The highest BCUT2D eigenvalue weighted by atomic mass is 35.5. The lowest BCUT2D eigenvalue weighted by Gasteiger charge is -2.37. The molecule has 0 atom stereocenters. The van der Waals surface area contributed by atoms with Crippen LogP contribution in [0.2, 0.25) is 5.02 Å². The number of benzene rings is 2. The van der Waals surface area contributed by atoms with Gasteiger partial charge in [-0.25, -0.2) is 0 Å². The molecule has 0 amide bonds. The van der Waals surface area contributed by atoms with Gasteiger partial charge in [-0.3, -0.25) is 14.2 Å². The molecule has 3 fully saturated rings. The lowest BCUT2D eigenvalue weighted by atomic mass is 9.69. The van der Waals surface area contributed by atoms with E-state index in [1.54, 1.807) is 0 Å².